The molecule has 1 aliphatic carbocycles. The third kappa shape index (κ3) is 0.943. The highest BCUT2D eigenvalue weighted by molar-refractivity contribution is 6.04. The molecule has 0 N–H and O–H groups in total. The van der Waals surface area contributed by atoms with Crippen LogP contribution in [0, 0.1) is 0 Å². The summed E-state index contributed by atoms with van der Waals surface area (Å²) < 4.78 is 33.1. The second-order valence-electron chi connectivity index (χ2n) is 4.13. The van der Waals surface area contributed by atoms with E-state index in [-0.39, 0.29) is 0 Å². The minimum Gasteiger partial charge on any atom is -0.0616 e. The van der Waals surface area contributed by atoms with Crippen molar-refractivity contribution in [1.82, 2.24) is 0 Å². The zero-order valence-electron chi connectivity index (χ0n) is 12.6. The lowest BCUT2D eigenvalue weighted by Gasteiger charge is -2.06. The summed E-state index contributed by atoms with van der Waals surface area (Å²) in [6, 6.07) is 15.0. The monoisotopic (exact) mass is 208 g/mol. The van der Waals surface area contributed by atoms with Crippen LogP contribution in [0.15, 0.2) is 48.5 Å². The summed E-state index contributed by atoms with van der Waals surface area (Å²) in [6.45, 7) is 0. The second-order valence-corrected chi connectivity index (χ2v) is 4.13. The summed E-state index contributed by atoms with van der Waals surface area (Å²) in [5.74, 6) is 0. The fourth-order valence-electron chi connectivity index (χ4n) is 2.49. The van der Waals surface area contributed by atoms with Crippen LogP contribution in [0.2, 0.25) is 0 Å². The summed E-state index contributed by atoms with van der Waals surface area (Å²) >= 11 is 0. The molecule has 0 radical (unpaired) electrons. The molecule has 0 saturated carbocycles. The third-order valence-corrected chi connectivity index (χ3v) is 3.21. The highest BCUT2D eigenvalue weighted by Gasteiger charge is 2.16. The predicted octanol–water partition coefficient (Wildman–Crippen LogP) is 4.09. The maximum atomic E-state index is 8.33. The fraction of sp³-hybridized carbons (Fsp3) is 0.125. The first-order valence-corrected chi connectivity index (χ1v) is 5.40. The van der Waals surface area contributed by atoms with Crippen molar-refractivity contribution in [2.45, 2.75) is 12.7 Å². The summed E-state index contributed by atoms with van der Waals surface area (Å²) in [4.78, 5) is 0. The summed E-state index contributed by atoms with van der Waals surface area (Å²) in [5.41, 5.74) is 0.951. The SMILES string of the molecule is [2H]C1([2H])c2cccc3cc4ccccc4c(c23)C1([2H])[2H]. The summed E-state index contributed by atoms with van der Waals surface area (Å²) in [6.07, 6.45) is -4.02. The van der Waals surface area contributed by atoms with Crippen molar-refractivity contribution in [2.75, 3.05) is 0 Å². The van der Waals surface area contributed by atoms with Crippen LogP contribution in [0.4, 0.5) is 0 Å². The number of hydrogen-bond donors (Lipinski definition) is 0. The van der Waals surface area contributed by atoms with Crippen molar-refractivity contribution < 1.29 is 5.48 Å². The smallest absolute Gasteiger partial charge is 0.0320 e. The lowest BCUT2D eigenvalue weighted by atomic mass is 9.98. The Balaban J connectivity index is 2.34. The van der Waals surface area contributed by atoms with Gasteiger partial charge >= 0.3 is 0 Å². The van der Waals surface area contributed by atoms with Crippen molar-refractivity contribution >= 4 is 21.5 Å². The lowest BCUT2D eigenvalue weighted by Crippen LogP contribution is -1.83. The standard InChI is InChI=1S/C16H12/c1-2-7-14-12(4-1)10-13-6-3-5-11-8-9-15(14)16(11)13/h1-7,10H,8-9H2/i8D2,9D2. The largest absolute Gasteiger partial charge is 0.0616 e. The van der Waals surface area contributed by atoms with E-state index in [1.165, 1.54) is 0 Å². The Hall–Kier alpha value is -1.82. The molecule has 16 heavy (non-hydrogen) atoms. The van der Waals surface area contributed by atoms with Gasteiger partial charge in [-0.25, -0.2) is 0 Å². The average Bonchev–Trinajstić information content (AvgIpc) is 2.58. The van der Waals surface area contributed by atoms with Crippen LogP contribution >= 0.6 is 0 Å². The van der Waals surface area contributed by atoms with Gasteiger partial charge in [-0.2, -0.15) is 0 Å². The van der Waals surface area contributed by atoms with Crippen molar-refractivity contribution in [2.24, 2.45) is 0 Å². The minimum atomic E-state index is -2.02. The van der Waals surface area contributed by atoms with Crippen LogP contribution in [-0.2, 0) is 12.7 Å². The third-order valence-electron chi connectivity index (χ3n) is 3.21. The van der Waals surface area contributed by atoms with Crippen LogP contribution in [0.25, 0.3) is 21.5 Å². The molecule has 0 nitrogen and oxygen atoms in total. The fourth-order valence-corrected chi connectivity index (χ4v) is 2.49. The molecule has 0 heteroatoms. The highest BCUT2D eigenvalue weighted by atomic mass is 14.2. The molecule has 0 fully saturated rings. The van der Waals surface area contributed by atoms with Crippen molar-refractivity contribution in [3.63, 3.8) is 0 Å². The maximum Gasteiger partial charge on any atom is 0.0320 e. The van der Waals surface area contributed by atoms with E-state index in [9.17, 15) is 0 Å². The van der Waals surface area contributed by atoms with Gasteiger partial charge in [-0.1, -0.05) is 42.5 Å². The van der Waals surface area contributed by atoms with Crippen LogP contribution in [-0.4, -0.2) is 0 Å². The van der Waals surface area contributed by atoms with Gasteiger partial charge in [-0.05, 0) is 51.5 Å². The predicted molar refractivity (Wildman–Crippen MR) is 68.9 cm³/mol. The Morgan fingerprint density at radius 2 is 1.75 bits per heavy atom. The molecule has 0 aromatic heterocycles. The Morgan fingerprint density at radius 1 is 0.875 bits per heavy atom. The van der Waals surface area contributed by atoms with Crippen LogP contribution in [0.5, 0.6) is 0 Å². The number of aryl methyl sites for hydroxylation is 2. The van der Waals surface area contributed by atoms with Gasteiger partial charge in [0, 0.05) is 5.48 Å². The zero-order valence-corrected chi connectivity index (χ0v) is 8.62. The molecule has 4 rings (SSSR count). The second kappa shape index (κ2) is 2.85. The molecule has 0 amide bonds. The molecule has 0 bridgehead atoms. The van der Waals surface area contributed by atoms with Gasteiger partial charge in [-0.15, -0.1) is 0 Å². The molecule has 0 atom stereocenters. The maximum absolute atomic E-state index is 8.33. The molecule has 0 spiro atoms. The molecule has 0 heterocycles. The topological polar surface area (TPSA) is 0 Å². The van der Waals surface area contributed by atoms with E-state index in [0.29, 0.717) is 11.1 Å². The average molecular weight is 208 g/mol. The van der Waals surface area contributed by atoms with E-state index in [1.54, 1.807) is 12.1 Å². The number of rotatable bonds is 0. The molecule has 1 aliphatic rings. The van der Waals surface area contributed by atoms with E-state index in [1.807, 2.05) is 36.4 Å². The Kier molecular flexibility index (Phi) is 0.979. The molecule has 0 unspecified atom stereocenters. The molecular formula is C16H12. The molecule has 76 valence electrons. The summed E-state index contributed by atoms with van der Waals surface area (Å²) in [5, 5.41) is 3.40. The number of fused-ring (bicyclic) bond motifs is 2. The molecule has 3 aromatic rings. The van der Waals surface area contributed by atoms with E-state index in [4.69, 9.17) is 5.48 Å². The van der Waals surface area contributed by atoms with E-state index in [2.05, 4.69) is 0 Å². The first kappa shape index (κ1) is 5.49. The minimum absolute atomic E-state index is 0.459. The lowest BCUT2D eigenvalue weighted by molar-refractivity contribution is 1.03. The van der Waals surface area contributed by atoms with Gasteiger partial charge in [0.25, 0.3) is 0 Å². The molecular weight excluding hydrogens is 192 g/mol. The first-order valence-electron chi connectivity index (χ1n) is 7.40. The first-order chi connectivity index (χ1) is 9.44. The van der Waals surface area contributed by atoms with E-state index >= 15 is 0 Å². The molecule has 0 aliphatic heterocycles. The van der Waals surface area contributed by atoms with Gasteiger partial charge in [0.2, 0.25) is 0 Å². The van der Waals surface area contributed by atoms with Gasteiger partial charge in [0.15, 0.2) is 0 Å². The molecule has 0 saturated heterocycles. The van der Waals surface area contributed by atoms with Crippen molar-refractivity contribution in [1.29, 1.82) is 0 Å². The normalized spacial score (nSPS) is 23.8. The Morgan fingerprint density at radius 3 is 2.75 bits per heavy atom. The number of hydrogen-bond acceptors (Lipinski definition) is 0. The Bertz CT molecular complexity index is 865. The van der Waals surface area contributed by atoms with E-state index < -0.39 is 12.7 Å². The van der Waals surface area contributed by atoms with Crippen molar-refractivity contribution in [3.8, 4) is 0 Å². The van der Waals surface area contributed by atoms with Gasteiger partial charge in [-0.3, -0.25) is 0 Å². The Labute approximate surface area is 100 Å². The van der Waals surface area contributed by atoms with Crippen LogP contribution in [0.1, 0.15) is 16.6 Å². The van der Waals surface area contributed by atoms with Gasteiger partial charge in [0.05, 0.1) is 0 Å². The number of benzene rings is 3. The van der Waals surface area contributed by atoms with Gasteiger partial charge < -0.3 is 0 Å². The van der Waals surface area contributed by atoms with E-state index in [0.717, 1.165) is 21.5 Å². The van der Waals surface area contributed by atoms with Crippen molar-refractivity contribution in [3.05, 3.63) is 59.7 Å². The zero-order chi connectivity index (χ0) is 14.1. The summed E-state index contributed by atoms with van der Waals surface area (Å²) in [7, 11) is 0. The quantitative estimate of drug-likeness (QED) is 0.488. The highest BCUT2D eigenvalue weighted by Crippen LogP contribution is 2.36. The van der Waals surface area contributed by atoms with Crippen LogP contribution < -0.4 is 0 Å². The molecule has 3 aromatic carbocycles. The van der Waals surface area contributed by atoms with Gasteiger partial charge in [0.1, 0.15) is 0 Å². The van der Waals surface area contributed by atoms with Crippen LogP contribution in [0.3, 0.4) is 0 Å².